The molecule has 0 aliphatic rings. The largest absolute Gasteiger partial charge is 0.456 e. The zero-order chi connectivity index (χ0) is 19.8. The van der Waals surface area contributed by atoms with Crippen molar-refractivity contribution in [2.45, 2.75) is 18.2 Å². The fourth-order valence-electron chi connectivity index (χ4n) is 2.52. The maximum absolute atomic E-state index is 12.2. The van der Waals surface area contributed by atoms with E-state index in [-0.39, 0.29) is 13.0 Å². The lowest BCUT2D eigenvalue weighted by Gasteiger charge is -2.09. The van der Waals surface area contributed by atoms with Gasteiger partial charge in [0.05, 0.1) is 17.8 Å². The first-order valence-electron chi connectivity index (χ1n) is 8.87. The third-order valence-electron chi connectivity index (χ3n) is 3.78. The molecule has 1 amide bonds. The number of rotatable bonds is 8. The molecule has 0 radical (unpaired) electrons. The van der Waals surface area contributed by atoms with Crippen LogP contribution < -0.4 is 5.32 Å². The van der Waals surface area contributed by atoms with E-state index >= 15 is 0 Å². The van der Waals surface area contributed by atoms with E-state index in [9.17, 15) is 9.59 Å². The van der Waals surface area contributed by atoms with Crippen LogP contribution in [-0.2, 0) is 14.3 Å². The van der Waals surface area contributed by atoms with Crippen molar-refractivity contribution in [1.29, 1.82) is 0 Å². The summed E-state index contributed by atoms with van der Waals surface area (Å²) >= 11 is 1.57. The van der Waals surface area contributed by atoms with E-state index in [1.807, 2.05) is 67.6 Å². The third-order valence-corrected chi connectivity index (χ3v) is 4.80. The van der Waals surface area contributed by atoms with Crippen LogP contribution in [0.2, 0.25) is 0 Å². The lowest BCUT2D eigenvalue weighted by molar-refractivity contribution is -0.146. The molecule has 1 aromatic heterocycles. The van der Waals surface area contributed by atoms with Gasteiger partial charge in [0.25, 0.3) is 5.91 Å². The minimum Gasteiger partial charge on any atom is -0.456 e. The van der Waals surface area contributed by atoms with E-state index in [4.69, 9.17) is 4.74 Å². The van der Waals surface area contributed by atoms with Crippen LogP contribution >= 0.6 is 11.8 Å². The number of hydrogen-bond acceptors (Lipinski definition) is 5. The maximum atomic E-state index is 12.2. The van der Waals surface area contributed by atoms with E-state index < -0.39 is 11.9 Å². The number of carbonyl (C=O) groups is 2. The standard InChI is InChI=1S/C21H21N3O3S/c1-16-14-19(24(23-16)17-8-4-2-5-9-17)22-20(25)15-27-21(26)12-13-28-18-10-6-3-7-11-18/h2-11,14H,12-13,15H2,1H3,(H,22,25). The van der Waals surface area contributed by atoms with Crippen LogP contribution in [0.5, 0.6) is 0 Å². The van der Waals surface area contributed by atoms with Gasteiger partial charge in [0.15, 0.2) is 6.61 Å². The van der Waals surface area contributed by atoms with E-state index in [1.54, 1.807) is 22.5 Å². The zero-order valence-corrected chi connectivity index (χ0v) is 16.3. The van der Waals surface area contributed by atoms with Crippen LogP contribution in [0.25, 0.3) is 5.69 Å². The van der Waals surface area contributed by atoms with Gasteiger partial charge in [0.2, 0.25) is 0 Å². The Morgan fingerprint density at radius 1 is 1.07 bits per heavy atom. The molecule has 0 saturated heterocycles. The molecule has 0 spiro atoms. The Kier molecular flexibility index (Phi) is 6.86. The molecule has 144 valence electrons. The summed E-state index contributed by atoms with van der Waals surface area (Å²) in [5.41, 5.74) is 1.61. The molecule has 28 heavy (non-hydrogen) atoms. The molecule has 0 aliphatic carbocycles. The minimum absolute atomic E-state index is 0.244. The van der Waals surface area contributed by atoms with Gasteiger partial charge < -0.3 is 10.1 Å². The number of ether oxygens (including phenoxy) is 1. The molecule has 0 saturated carbocycles. The van der Waals surface area contributed by atoms with Gasteiger partial charge in [-0.05, 0) is 31.2 Å². The Morgan fingerprint density at radius 2 is 1.75 bits per heavy atom. The molecule has 0 fully saturated rings. The summed E-state index contributed by atoms with van der Waals surface area (Å²) in [5, 5.41) is 7.14. The average Bonchev–Trinajstić information content (AvgIpc) is 3.08. The second-order valence-electron chi connectivity index (χ2n) is 6.04. The van der Waals surface area contributed by atoms with Crippen molar-refractivity contribution in [3.8, 4) is 5.69 Å². The Morgan fingerprint density at radius 3 is 2.46 bits per heavy atom. The Labute approximate surface area is 167 Å². The summed E-state index contributed by atoms with van der Waals surface area (Å²) in [6.45, 7) is 1.52. The normalized spacial score (nSPS) is 10.5. The summed E-state index contributed by atoms with van der Waals surface area (Å²) in [6, 6.07) is 21.1. The Balaban J connectivity index is 1.46. The number of amides is 1. The molecule has 0 atom stereocenters. The summed E-state index contributed by atoms with van der Waals surface area (Å²) < 4.78 is 6.72. The molecular weight excluding hydrogens is 374 g/mol. The first-order chi connectivity index (χ1) is 13.6. The summed E-state index contributed by atoms with van der Waals surface area (Å²) in [6.07, 6.45) is 0.244. The van der Waals surface area contributed by atoms with Crippen LogP contribution in [-0.4, -0.2) is 34.0 Å². The van der Waals surface area contributed by atoms with Crippen molar-refractivity contribution in [2.75, 3.05) is 17.7 Å². The summed E-state index contributed by atoms with van der Waals surface area (Å²) in [5.74, 6) is 0.335. The van der Waals surface area contributed by atoms with Crippen molar-refractivity contribution in [3.63, 3.8) is 0 Å². The van der Waals surface area contributed by atoms with Crippen LogP contribution in [0.4, 0.5) is 5.82 Å². The molecule has 1 heterocycles. The number of anilines is 1. The SMILES string of the molecule is Cc1cc(NC(=O)COC(=O)CCSc2ccccc2)n(-c2ccccc2)n1. The third kappa shape index (κ3) is 5.72. The smallest absolute Gasteiger partial charge is 0.307 e. The second-order valence-corrected chi connectivity index (χ2v) is 7.21. The molecule has 0 unspecified atom stereocenters. The van der Waals surface area contributed by atoms with Crippen LogP contribution in [0.1, 0.15) is 12.1 Å². The molecule has 3 rings (SSSR count). The van der Waals surface area contributed by atoms with Crippen LogP contribution in [0.15, 0.2) is 71.6 Å². The predicted octanol–water partition coefficient (Wildman–Crippen LogP) is 3.84. The lowest BCUT2D eigenvalue weighted by Crippen LogP contribution is -2.22. The van der Waals surface area contributed by atoms with Crippen LogP contribution in [0.3, 0.4) is 0 Å². The molecule has 3 aromatic rings. The van der Waals surface area contributed by atoms with E-state index in [1.165, 1.54) is 0 Å². The number of aromatic nitrogens is 2. The molecular formula is C21H21N3O3S. The van der Waals surface area contributed by atoms with Gasteiger partial charge in [-0.2, -0.15) is 5.10 Å². The van der Waals surface area contributed by atoms with Crippen molar-refractivity contribution in [2.24, 2.45) is 0 Å². The van der Waals surface area contributed by atoms with Gasteiger partial charge in [-0.3, -0.25) is 9.59 Å². The highest BCUT2D eigenvalue weighted by Gasteiger charge is 2.13. The number of nitrogens with zero attached hydrogens (tertiary/aromatic N) is 2. The highest BCUT2D eigenvalue weighted by Crippen LogP contribution is 2.18. The summed E-state index contributed by atoms with van der Waals surface area (Å²) in [7, 11) is 0. The molecule has 6 nitrogen and oxygen atoms in total. The zero-order valence-electron chi connectivity index (χ0n) is 15.5. The number of aryl methyl sites for hydroxylation is 1. The molecule has 1 N–H and O–H groups in total. The molecule has 0 aliphatic heterocycles. The number of hydrogen-bond donors (Lipinski definition) is 1. The molecule has 2 aromatic carbocycles. The number of benzene rings is 2. The molecule has 0 bridgehead atoms. The number of nitrogens with one attached hydrogen (secondary N) is 1. The minimum atomic E-state index is -0.402. The van der Waals surface area contributed by atoms with Gasteiger partial charge in [-0.1, -0.05) is 36.4 Å². The van der Waals surface area contributed by atoms with Gasteiger partial charge in [-0.15, -0.1) is 11.8 Å². The Hall–Kier alpha value is -3.06. The number of esters is 1. The topological polar surface area (TPSA) is 73.2 Å². The number of carbonyl (C=O) groups excluding carboxylic acids is 2. The van der Waals surface area contributed by atoms with Gasteiger partial charge >= 0.3 is 5.97 Å². The first-order valence-corrected chi connectivity index (χ1v) is 9.86. The van der Waals surface area contributed by atoms with Crippen LogP contribution in [0, 0.1) is 6.92 Å². The first kappa shape index (κ1) is 19.7. The maximum Gasteiger partial charge on any atom is 0.307 e. The van der Waals surface area contributed by atoms with E-state index in [0.717, 1.165) is 16.3 Å². The number of thioether (sulfide) groups is 1. The van der Waals surface area contributed by atoms with Crippen molar-refractivity contribution < 1.29 is 14.3 Å². The fraction of sp³-hybridized carbons (Fsp3) is 0.190. The van der Waals surface area contributed by atoms with E-state index in [0.29, 0.717) is 11.6 Å². The fourth-order valence-corrected chi connectivity index (χ4v) is 3.37. The van der Waals surface area contributed by atoms with Gasteiger partial charge in [0.1, 0.15) is 5.82 Å². The van der Waals surface area contributed by atoms with Crippen molar-refractivity contribution in [1.82, 2.24) is 9.78 Å². The van der Waals surface area contributed by atoms with Crippen molar-refractivity contribution >= 4 is 29.5 Å². The highest BCUT2D eigenvalue weighted by molar-refractivity contribution is 7.99. The van der Waals surface area contributed by atoms with Gasteiger partial charge in [-0.25, -0.2) is 4.68 Å². The summed E-state index contributed by atoms with van der Waals surface area (Å²) in [4.78, 5) is 25.1. The van der Waals surface area contributed by atoms with Gasteiger partial charge in [0, 0.05) is 16.7 Å². The average molecular weight is 395 g/mol. The lowest BCUT2D eigenvalue weighted by atomic mass is 10.3. The van der Waals surface area contributed by atoms with E-state index in [2.05, 4.69) is 10.4 Å². The highest BCUT2D eigenvalue weighted by atomic mass is 32.2. The second kappa shape index (κ2) is 9.75. The Bertz CT molecular complexity index is 927. The van der Waals surface area contributed by atoms with Crippen molar-refractivity contribution in [3.05, 3.63) is 72.4 Å². The monoisotopic (exact) mass is 395 g/mol. The quantitative estimate of drug-likeness (QED) is 0.463. The predicted molar refractivity (Wildman–Crippen MR) is 110 cm³/mol. The molecule has 7 heteroatoms. The number of para-hydroxylation sites is 1.